The van der Waals surface area contributed by atoms with Gasteiger partial charge in [-0.05, 0) is 57.7 Å². The van der Waals surface area contributed by atoms with Gasteiger partial charge in [-0.15, -0.1) is 0 Å². The summed E-state index contributed by atoms with van der Waals surface area (Å²) in [6, 6.07) is 0.869. The number of hydrogen-bond acceptors (Lipinski definition) is 2. The molecule has 17 heavy (non-hydrogen) atoms. The second kappa shape index (κ2) is 6.19. The molecule has 0 radical (unpaired) electrons. The maximum absolute atomic E-state index is 6.06. The molecule has 0 aromatic carbocycles. The summed E-state index contributed by atoms with van der Waals surface area (Å²) in [6.45, 7) is 2.17. The summed E-state index contributed by atoms with van der Waals surface area (Å²) in [6.07, 6.45) is 14.1. The lowest BCUT2D eigenvalue weighted by atomic mass is 9.72. The molecular weight excluding hydrogens is 208 g/mol. The lowest BCUT2D eigenvalue weighted by molar-refractivity contribution is 0.140. The van der Waals surface area contributed by atoms with Gasteiger partial charge in [-0.1, -0.05) is 32.1 Å². The number of hydrogen-bond donors (Lipinski definition) is 1. The van der Waals surface area contributed by atoms with E-state index >= 15 is 0 Å². The van der Waals surface area contributed by atoms with E-state index in [4.69, 9.17) is 5.73 Å². The fourth-order valence-corrected chi connectivity index (χ4v) is 3.80. The van der Waals surface area contributed by atoms with Gasteiger partial charge >= 0.3 is 0 Å². The number of nitrogens with zero attached hydrogens (tertiary/aromatic N) is 1. The van der Waals surface area contributed by atoms with E-state index in [1.54, 1.807) is 0 Å². The molecule has 2 fully saturated rings. The van der Waals surface area contributed by atoms with Gasteiger partial charge in [0.2, 0.25) is 0 Å². The molecule has 0 saturated heterocycles. The molecule has 2 rings (SSSR count). The van der Waals surface area contributed by atoms with E-state index in [9.17, 15) is 0 Å². The van der Waals surface area contributed by atoms with E-state index < -0.39 is 0 Å². The largest absolute Gasteiger partial charge is 0.330 e. The molecule has 2 N–H and O–H groups in total. The predicted octanol–water partition coefficient (Wildman–Crippen LogP) is 3.16. The maximum Gasteiger partial charge on any atom is 0.00922 e. The number of rotatable bonds is 5. The van der Waals surface area contributed by atoms with Crippen molar-refractivity contribution in [2.75, 3.05) is 20.1 Å². The van der Waals surface area contributed by atoms with Gasteiger partial charge in [0.15, 0.2) is 0 Å². The van der Waals surface area contributed by atoms with Crippen LogP contribution < -0.4 is 5.73 Å². The van der Waals surface area contributed by atoms with Crippen LogP contribution in [0.1, 0.15) is 64.2 Å². The second-order valence-electron chi connectivity index (χ2n) is 6.43. The summed E-state index contributed by atoms with van der Waals surface area (Å²) in [7, 11) is 2.32. The van der Waals surface area contributed by atoms with Crippen LogP contribution in [0.15, 0.2) is 0 Å². The van der Waals surface area contributed by atoms with Crippen LogP contribution in [0.5, 0.6) is 0 Å². The fourth-order valence-electron chi connectivity index (χ4n) is 3.80. The van der Waals surface area contributed by atoms with Crippen molar-refractivity contribution in [3.8, 4) is 0 Å². The van der Waals surface area contributed by atoms with Crippen LogP contribution in [-0.2, 0) is 0 Å². The zero-order chi connectivity index (χ0) is 12.1. The van der Waals surface area contributed by atoms with Gasteiger partial charge in [0.05, 0.1) is 0 Å². The van der Waals surface area contributed by atoms with Crippen LogP contribution in [0.4, 0.5) is 0 Å². The molecular formula is C15H30N2. The highest BCUT2D eigenvalue weighted by Crippen LogP contribution is 2.38. The van der Waals surface area contributed by atoms with Gasteiger partial charge in [0.1, 0.15) is 0 Å². The normalized spacial score (nSPS) is 25.6. The summed E-state index contributed by atoms with van der Waals surface area (Å²) in [5.74, 6) is 0. The van der Waals surface area contributed by atoms with E-state index in [1.807, 2.05) is 0 Å². The van der Waals surface area contributed by atoms with Gasteiger partial charge in [-0.2, -0.15) is 0 Å². The first-order valence-corrected chi connectivity index (χ1v) is 7.66. The Hall–Kier alpha value is -0.0800. The van der Waals surface area contributed by atoms with Crippen LogP contribution in [0, 0.1) is 5.41 Å². The van der Waals surface area contributed by atoms with E-state index in [1.165, 1.54) is 70.8 Å². The van der Waals surface area contributed by atoms with Crippen molar-refractivity contribution in [2.45, 2.75) is 70.3 Å². The zero-order valence-corrected chi connectivity index (χ0v) is 11.6. The van der Waals surface area contributed by atoms with Gasteiger partial charge in [-0.25, -0.2) is 0 Å². The second-order valence-corrected chi connectivity index (χ2v) is 6.43. The molecule has 2 nitrogen and oxygen atoms in total. The highest BCUT2D eigenvalue weighted by atomic mass is 15.1. The molecule has 2 heteroatoms. The third-order valence-electron chi connectivity index (χ3n) is 5.29. The van der Waals surface area contributed by atoms with Crippen LogP contribution >= 0.6 is 0 Å². The van der Waals surface area contributed by atoms with Crippen molar-refractivity contribution in [1.82, 2.24) is 4.90 Å². The minimum Gasteiger partial charge on any atom is -0.330 e. The molecule has 100 valence electrons. The van der Waals surface area contributed by atoms with Crippen LogP contribution in [0.3, 0.4) is 0 Å². The van der Waals surface area contributed by atoms with Crippen molar-refractivity contribution in [2.24, 2.45) is 11.1 Å². The third-order valence-corrected chi connectivity index (χ3v) is 5.29. The Bertz CT molecular complexity index is 215. The van der Waals surface area contributed by atoms with Gasteiger partial charge in [0, 0.05) is 6.04 Å². The minimum atomic E-state index is 0.491. The van der Waals surface area contributed by atoms with Crippen LogP contribution in [-0.4, -0.2) is 31.1 Å². The van der Waals surface area contributed by atoms with Crippen LogP contribution in [0.2, 0.25) is 0 Å². The van der Waals surface area contributed by atoms with E-state index in [-0.39, 0.29) is 0 Å². The predicted molar refractivity (Wildman–Crippen MR) is 74.1 cm³/mol. The van der Waals surface area contributed by atoms with E-state index in [0.29, 0.717) is 5.41 Å². The summed E-state index contributed by atoms with van der Waals surface area (Å²) in [4.78, 5) is 2.61. The SMILES string of the molecule is CN(CCC1(CN)CCCCC1)C1CCCC1. The molecule has 2 aliphatic carbocycles. The topological polar surface area (TPSA) is 29.3 Å². The Morgan fingerprint density at radius 3 is 2.29 bits per heavy atom. The molecule has 0 bridgehead atoms. The average molecular weight is 238 g/mol. The molecule has 0 amide bonds. The van der Waals surface area contributed by atoms with Gasteiger partial charge in [-0.3, -0.25) is 0 Å². The molecule has 0 aromatic rings. The van der Waals surface area contributed by atoms with Crippen molar-refractivity contribution < 1.29 is 0 Å². The summed E-state index contributed by atoms with van der Waals surface area (Å²) in [5.41, 5.74) is 6.55. The molecule has 2 aliphatic rings. The third kappa shape index (κ3) is 3.45. The summed E-state index contributed by atoms with van der Waals surface area (Å²) >= 11 is 0. The molecule has 0 aliphatic heterocycles. The summed E-state index contributed by atoms with van der Waals surface area (Å²) in [5, 5.41) is 0. The molecule has 0 spiro atoms. The monoisotopic (exact) mass is 238 g/mol. The highest BCUT2D eigenvalue weighted by molar-refractivity contribution is 4.85. The first-order chi connectivity index (χ1) is 8.26. The van der Waals surface area contributed by atoms with Gasteiger partial charge in [0.25, 0.3) is 0 Å². The van der Waals surface area contributed by atoms with Crippen molar-refractivity contribution in [1.29, 1.82) is 0 Å². The Kier molecular flexibility index (Phi) is 4.87. The lowest BCUT2D eigenvalue weighted by Gasteiger charge is -2.38. The first-order valence-electron chi connectivity index (χ1n) is 7.66. The van der Waals surface area contributed by atoms with Crippen molar-refractivity contribution in [3.05, 3.63) is 0 Å². The highest BCUT2D eigenvalue weighted by Gasteiger charge is 2.31. The lowest BCUT2D eigenvalue weighted by Crippen LogP contribution is -2.38. The smallest absolute Gasteiger partial charge is 0.00922 e. The number of nitrogens with two attached hydrogens (primary N) is 1. The summed E-state index contributed by atoms with van der Waals surface area (Å²) < 4.78 is 0. The van der Waals surface area contributed by atoms with Crippen molar-refractivity contribution in [3.63, 3.8) is 0 Å². The quantitative estimate of drug-likeness (QED) is 0.797. The maximum atomic E-state index is 6.06. The van der Waals surface area contributed by atoms with Crippen LogP contribution in [0.25, 0.3) is 0 Å². The Labute approximate surface area is 107 Å². The molecule has 0 aromatic heterocycles. The molecule has 0 atom stereocenters. The van der Waals surface area contributed by atoms with E-state index in [0.717, 1.165) is 12.6 Å². The Balaban J connectivity index is 1.78. The minimum absolute atomic E-state index is 0.491. The van der Waals surface area contributed by atoms with E-state index in [2.05, 4.69) is 11.9 Å². The first kappa shape index (κ1) is 13.4. The van der Waals surface area contributed by atoms with Gasteiger partial charge < -0.3 is 10.6 Å². The average Bonchev–Trinajstić information content (AvgIpc) is 2.91. The molecule has 0 heterocycles. The molecule has 0 unspecified atom stereocenters. The molecule has 2 saturated carbocycles. The Morgan fingerprint density at radius 2 is 1.71 bits per heavy atom. The fraction of sp³-hybridized carbons (Fsp3) is 1.00. The van der Waals surface area contributed by atoms with Crippen molar-refractivity contribution >= 4 is 0 Å². The Morgan fingerprint density at radius 1 is 1.06 bits per heavy atom. The standard InChI is InChI=1S/C15H30N2/c1-17(14-7-3-4-8-14)12-11-15(13-16)9-5-2-6-10-15/h14H,2-13,16H2,1H3. The zero-order valence-electron chi connectivity index (χ0n) is 11.6.